The summed E-state index contributed by atoms with van der Waals surface area (Å²) >= 11 is 1.99. The maximum Gasteiger partial charge on any atom is 0.362 e. The van der Waals surface area contributed by atoms with E-state index in [4.69, 9.17) is 9.47 Å². The number of benzene rings is 1. The molecule has 0 aliphatic heterocycles. The largest absolute Gasteiger partial charge is 0.484 e. The molecule has 0 unspecified atom stereocenters. The summed E-state index contributed by atoms with van der Waals surface area (Å²) in [4.78, 5) is 23.9. The van der Waals surface area contributed by atoms with Crippen molar-refractivity contribution in [3.8, 4) is 5.75 Å². The number of amides is 1. The van der Waals surface area contributed by atoms with Crippen molar-refractivity contribution >= 4 is 55.5 Å². The van der Waals surface area contributed by atoms with Crippen molar-refractivity contribution in [1.29, 1.82) is 0 Å². The minimum Gasteiger partial charge on any atom is -0.484 e. The van der Waals surface area contributed by atoms with Crippen LogP contribution in [0.5, 0.6) is 5.75 Å². The number of aromatic nitrogens is 2. The molecule has 3 aromatic rings. The van der Waals surface area contributed by atoms with Gasteiger partial charge >= 0.3 is 5.97 Å². The number of anilines is 2. The van der Waals surface area contributed by atoms with E-state index in [2.05, 4.69) is 14.9 Å². The summed E-state index contributed by atoms with van der Waals surface area (Å²) in [6.07, 6.45) is 0. The molecule has 0 aliphatic carbocycles. The van der Waals surface area contributed by atoms with Gasteiger partial charge in [-0.2, -0.15) is 0 Å². The average Bonchev–Trinajstić information content (AvgIpc) is 3.45. The van der Waals surface area contributed by atoms with Crippen molar-refractivity contribution in [3.63, 3.8) is 0 Å². The number of carbonyl (C=O) groups is 2. The first kappa shape index (κ1) is 22.7. The molecular formula is C18H18N4O6S3. The number of esters is 1. The van der Waals surface area contributed by atoms with Gasteiger partial charge in [-0.05, 0) is 42.6 Å². The molecule has 31 heavy (non-hydrogen) atoms. The van der Waals surface area contributed by atoms with E-state index in [9.17, 15) is 18.0 Å². The van der Waals surface area contributed by atoms with Gasteiger partial charge < -0.3 is 14.8 Å². The molecule has 10 nitrogen and oxygen atoms in total. The molecule has 1 amide bonds. The second kappa shape index (κ2) is 9.85. The zero-order valence-electron chi connectivity index (χ0n) is 16.5. The predicted octanol–water partition coefficient (Wildman–Crippen LogP) is 2.62. The van der Waals surface area contributed by atoms with Gasteiger partial charge in [-0.1, -0.05) is 10.6 Å². The number of hydrogen-bond acceptors (Lipinski definition) is 10. The molecule has 2 aromatic heterocycles. The molecule has 0 saturated carbocycles. The first-order chi connectivity index (χ1) is 14.8. The normalized spacial score (nSPS) is 11.0. The van der Waals surface area contributed by atoms with Crippen molar-refractivity contribution in [1.82, 2.24) is 9.59 Å². The highest BCUT2D eigenvalue weighted by Crippen LogP contribution is 2.26. The lowest BCUT2D eigenvalue weighted by Gasteiger charge is -2.18. The third-order valence-corrected chi connectivity index (χ3v) is 7.69. The average molecular weight is 483 g/mol. The quantitative estimate of drug-likeness (QED) is 0.461. The maximum atomic E-state index is 12.6. The summed E-state index contributed by atoms with van der Waals surface area (Å²) in [5, 5.41) is 8.03. The fourth-order valence-corrected chi connectivity index (χ4v) is 5.28. The Balaban J connectivity index is 1.58. The molecule has 164 valence electrons. The van der Waals surface area contributed by atoms with Crippen molar-refractivity contribution in [2.45, 2.75) is 11.1 Å². The van der Waals surface area contributed by atoms with Crippen molar-refractivity contribution in [2.75, 3.05) is 29.9 Å². The Bertz CT molecular complexity index is 1140. The summed E-state index contributed by atoms with van der Waals surface area (Å²) in [6, 6.07) is 9.47. The van der Waals surface area contributed by atoms with Crippen molar-refractivity contribution in [3.05, 3.63) is 47.5 Å². The van der Waals surface area contributed by atoms with E-state index in [1.807, 2.05) is 0 Å². The second-order valence-electron chi connectivity index (χ2n) is 5.91. The zero-order valence-corrected chi connectivity index (χ0v) is 18.9. The molecule has 3 rings (SSSR count). The number of sulfonamides is 1. The van der Waals surface area contributed by atoms with Crippen molar-refractivity contribution < 1.29 is 27.5 Å². The van der Waals surface area contributed by atoms with Gasteiger partial charge in [-0.3, -0.25) is 9.10 Å². The fraction of sp³-hybridized carbons (Fsp3) is 0.222. The van der Waals surface area contributed by atoms with Crippen molar-refractivity contribution in [2.24, 2.45) is 0 Å². The zero-order chi connectivity index (χ0) is 22.4. The summed E-state index contributed by atoms with van der Waals surface area (Å²) in [5.41, 5.74) is 0.375. The van der Waals surface area contributed by atoms with Gasteiger partial charge in [0.15, 0.2) is 11.6 Å². The summed E-state index contributed by atoms with van der Waals surface area (Å²) < 4.78 is 40.5. The number of nitrogens with zero attached hydrogens (tertiary/aromatic N) is 3. The van der Waals surface area contributed by atoms with Crippen LogP contribution in [0.15, 0.2) is 46.0 Å². The van der Waals surface area contributed by atoms with Gasteiger partial charge in [-0.25, -0.2) is 13.2 Å². The summed E-state index contributed by atoms with van der Waals surface area (Å²) in [6.45, 7) is 1.50. The van der Waals surface area contributed by atoms with Crippen LogP contribution in [-0.2, 0) is 19.6 Å². The lowest BCUT2D eigenvalue weighted by molar-refractivity contribution is -0.118. The Hall–Kier alpha value is -3.03. The van der Waals surface area contributed by atoms with Crippen LogP contribution < -0.4 is 14.4 Å². The molecule has 0 spiro atoms. The lowest BCUT2D eigenvalue weighted by atomic mass is 10.3. The van der Waals surface area contributed by atoms with E-state index in [1.165, 1.54) is 11.4 Å². The van der Waals surface area contributed by atoms with Crippen LogP contribution in [0.3, 0.4) is 0 Å². The fourth-order valence-electron chi connectivity index (χ4n) is 2.35. The Morgan fingerprint density at radius 2 is 1.94 bits per heavy atom. The van der Waals surface area contributed by atoms with Crippen LogP contribution in [0.4, 0.5) is 10.7 Å². The predicted molar refractivity (Wildman–Crippen MR) is 116 cm³/mol. The molecule has 13 heteroatoms. The van der Waals surface area contributed by atoms with Crippen LogP contribution >= 0.6 is 22.9 Å². The Morgan fingerprint density at radius 3 is 2.58 bits per heavy atom. The standard InChI is InChI=1S/C18H18N4O6S3/c1-3-27-18(24)16-17(30-21-20-16)19-14(23)11-28-13-8-6-12(7-9-13)22(2)31(25,26)15-5-4-10-29-15/h4-10H,3,11H2,1-2H3,(H,19,23). The van der Waals surface area contributed by atoms with Crippen LogP contribution in [-0.4, -0.2) is 50.1 Å². The van der Waals surface area contributed by atoms with E-state index in [0.29, 0.717) is 11.4 Å². The first-order valence-corrected chi connectivity index (χ1v) is 12.0. The lowest BCUT2D eigenvalue weighted by Crippen LogP contribution is -2.25. The maximum absolute atomic E-state index is 12.6. The Labute approximate surface area is 186 Å². The molecule has 1 N–H and O–H groups in total. The van der Waals surface area contributed by atoms with E-state index < -0.39 is 21.9 Å². The number of rotatable bonds is 9. The van der Waals surface area contributed by atoms with E-state index >= 15 is 0 Å². The summed E-state index contributed by atoms with van der Waals surface area (Å²) in [7, 11) is -2.17. The SMILES string of the molecule is CCOC(=O)c1nnsc1NC(=O)COc1ccc(N(C)S(=O)(=O)c2cccs2)cc1. The molecule has 0 fully saturated rings. The number of hydrogen-bond donors (Lipinski definition) is 1. The highest BCUT2D eigenvalue weighted by Gasteiger charge is 2.22. The Morgan fingerprint density at radius 1 is 1.19 bits per heavy atom. The third kappa shape index (κ3) is 5.37. The molecule has 0 bridgehead atoms. The number of thiophene rings is 1. The second-order valence-corrected chi connectivity index (χ2v) is 9.80. The Kier molecular flexibility index (Phi) is 7.20. The molecule has 0 radical (unpaired) electrons. The highest BCUT2D eigenvalue weighted by molar-refractivity contribution is 7.94. The minimum absolute atomic E-state index is 0.0699. The molecule has 0 aliphatic rings. The monoisotopic (exact) mass is 482 g/mol. The van der Waals surface area contributed by atoms with Crippen LogP contribution in [0.2, 0.25) is 0 Å². The minimum atomic E-state index is -3.63. The van der Waals surface area contributed by atoms with Crippen LogP contribution in [0, 0.1) is 0 Å². The smallest absolute Gasteiger partial charge is 0.362 e. The van der Waals surface area contributed by atoms with Gasteiger partial charge in [-0.15, -0.1) is 16.4 Å². The van der Waals surface area contributed by atoms with E-state index in [0.717, 1.165) is 22.9 Å². The molecular weight excluding hydrogens is 464 g/mol. The topological polar surface area (TPSA) is 128 Å². The molecule has 0 saturated heterocycles. The van der Waals surface area contributed by atoms with E-state index in [-0.39, 0.29) is 28.1 Å². The van der Waals surface area contributed by atoms with E-state index in [1.54, 1.807) is 48.7 Å². The van der Waals surface area contributed by atoms with Crippen LogP contribution in [0.1, 0.15) is 17.4 Å². The third-order valence-electron chi connectivity index (χ3n) is 3.89. The molecule has 2 heterocycles. The van der Waals surface area contributed by atoms with Crippen LogP contribution in [0.25, 0.3) is 0 Å². The summed E-state index contributed by atoms with van der Waals surface area (Å²) in [5.74, 6) is -0.823. The van der Waals surface area contributed by atoms with Gasteiger partial charge in [0.25, 0.3) is 15.9 Å². The van der Waals surface area contributed by atoms with Gasteiger partial charge in [0.1, 0.15) is 9.96 Å². The first-order valence-electron chi connectivity index (χ1n) is 8.87. The number of ether oxygens (including phenoxy) is 2. The van der Waals surface area contributed by atoms with Gasteiger partial charge in [0.2, 0.25) is 5.69 Å². The van der Waals surface area contributed by atoms with Gasteiger partial charge in [0, 0.05) is 18.6 Å². The molecule has 0 atom stereocenters. The number of nitrogens with one attached hydrogen (secondary N) is 1. The molecule has 1 aromatic carbocycles. The van der Waals surface area contributed by atoms with Gasteiger partial charge in [0.05, 0.1) is 12.3 Å². The highest BCUT2D eigenvalue weighted by atomic mass is 32.2. The number of carbonyl (C=O) groups excluding carboxylic acids is 2.